The van der Waals surface area contributed by atoms with Gasteiger partial charge in [0.25, 0.3) is 0 Å². The number of fused-ring (bicyclic) bond motifs is 1. The molecule has 1 atom stereocenters. The molecule has 1 unspecified atom stereocenters. The Morgan fingerprint density at radius 2 is 2.00 bits per heavy atom. The van der Waals surface area contributed by atoms with E-state index in [1.807, 2.05) is 20.2 Å². The van der Waals surface area contributed by atoms with Crippen molar-refractivity contribution in [2.45, 2.75) is 32.4 Å². The fraction of sp³-hybridized carbons (Fsp3) is 0.500. The Morgan fingerprint density at radius 3 is 2.60 bits per heavy atom. The molecule has 0 bridgehead atoms. The molecule has 2 rings (SSSR count). The Labute approximate surface area is 119 Å². The summed E-state index contributed by atoms with van der Waals surface area (Å²) in [6.45, 7) is 7.23. The van der Waals surface area contributed by atoms with Crippen LogP contribution in [0.5, 0.6) is 0 Å². The van der Waals surface area contributed by atoms with Gasteiger partial charge in [-0.05, 0) is 58.8 Å². The van der Waals surface area contributed by atoms with Crippen LogP contribution in [0.1, 0.15) is 32.6 Å². The molecule has 0 amide bonds. The monoisotopic (exact) mass is 278 g/mol. The van der Waals surface area contributed by atoms with Gasteiger partial charge in [0.1, 0.15) is 17.2 Å². The Hall–Kier alpha value is -1.39. The molecule has 1 N–H and O–H groups in total. The van der Waals surface area contributed by atoms with Gasteiger partial charge in [0.05, 0.1) is 6.04 Å². The van der Waals surface area contributed by atoms with Crippen molar-refractivity contribution in [1.82, 2.24) is 10.2 Å². The van der Waals surface area contributed by atoms with Crippen molar-refractivity contribution in [3.63, 3.8) is 0 Å². The molecule has 4 heteroatoms. The SMILES string of the molecule is CCNC(c1cc2cc(F)ccc2o1)C(C)(C)N(C)C. The molecule has 1 aromatic heterocycles. The van der Waals surface area contributed by atoms with Crippen molar-refractivity contribution in [2.24, 2.45) is 0 Å². The van der Waals surface area contributed by atoms with Gasteiger partial charge < -0.3 is 14.6 Å². The molecule has 2 aromatic rings. The summed E-state index contributed by atoms with van der Waals surface area (Å²) in [7, 11) is 4.10. The number of nitrogens with one attached hydrogen (secondary N) is 1. The van der Waals surface area contributed by atoms with Gasteiger partial charge in [-0.25, -0.2) is 4.39 Å². The molecular weight excluding hydrogens is 255 g/mol. The zero-order valence-corrected chi connectivity index (χ0v) is 12.8. The van der Waals surface area contributed by atoms with Gasteiger partial charge >= 0.3 is 0 Å². The molecule has 1 aromatic carbocycles. The number of benzene rings is 1. The third kappa shape index (κ3) is 2.72. The minimum absolute atomic E-state index is 0.0398. The molecule has 3 nitrogen and oxygen atoms in total. The first-order valence-corrected chi connectivity index (χ1v) is 6.96. The van der Waals surface area contributed by atoms with E-state index >= 15 is 0 Å². The summed E-state index contributed by atoms with van der Waals surface area (Å²) in [4.78, 5) is 2.16. The Morgan fingerprint density at radius 1 is 1.30 bits per heavy atom. The molecule has 0 fully saturated rings. The van der Waals surface area contributed by atoms with Gasteiger partial charge in [-0.2, -0.15) is 0 Å². The second-order valence-electron chi connectivity index (χ2n) is 5.87. The topological polar surface area (TPSA) is 28.4 Å². The van der Waals surface area contributed by atoms with Gasteiger partial charge in [-0.15, -0.1) is 0 Å². The average molecular weight is 278 g/mol. The third-order valence-corrected chi connectivity index (χ3v) is 4.05. The average Bonchev–Trinajstić information content (AvgIpc) is 2.77. The van der Waals surface area contributed by atoms with E-state index < -0.39 is 0 Å². The summed E-state index contributed by atoms with van der Waals surface area (Å²) in [5, 5.41) is 4.27. The van der Waals surface area contributed by atoms with E-state index in [4.69, 9.17) is 4.42 Å². The zero-order valence-electron chi connectivity index (χ0n) is 12.8. The molecule has 0 aliphatic heterocycles. The molecule has 0 aliphatic rings. The minimum Gasteiger partial charge on any atom is -0.459 e. The van der Waals surface area contributed by atoms with Crippen molar-refractivity contribution >= 4 is 11.0 Å². The highest BCUT2D eigenvalue weighted by atomic mass is 19.1. The normalized spacial score (nSPS) is 14.2. The predicted molar refractivity (Wildman–Crippen MR) is 80.4 cm³/mol. The number of hydrogen-bond acceptors (Lipinski definition) is 3. The second kappa shape index (κ2) is 5.54. The van der Waals surface area contributed by atoms with Crippen LogP contribution < -0.4 is 5.32 Å². The summed E-state index contributed by atoms with van der Waals surface area (Å²) >= 11 is 0. The van der Waals surface area contributed by atoms with Crippen LogP contribution >= 0.6 is 0 Å². The van der Waals surface area contributed by atoms with E-state index in [2.05, 4.69) is 31.0 Å². The summed E-state index contributed by atoms with van der Waals surface area (Å²) in [5.74, 6) is 0.600. The summed E-state index contributed by atoms with van der Waals surface area (Å²) in [6.07, 6.45) is 0. The van der Waals surface area contributed by atoms with E-state index in [1.54, 1.807) is 6.07 Å². The zero-order chi connectivity index (χ0) is 14.9. The fourth-order valence-corrected chi connectivity index (χ4v) is 2.34. The molecule has 0 saturated heterocycles. The first-order valence-electron chi connectivity index (χ1n) is 6.96. The number of nitrogens with zero attached hydrogens (tertiary/aromatic N) is 1. The summed E-state index contributed by atoms with van der Waals surface area (Å²) in [6, 6.07) is 6.58. The van der Waals surface area contributed by atoms with E-state index in [1.165, 1.54) is 12.1 Å². The van der Waals surface area contributed by atoms with E-state index in [-0.39, 0.29) is 17.4 Å². The number of furan rings is 1. The number of hydrogen-bond donors (Lipinski definition) is 1. The Balaban J connectivity index is 2.46. The van der Waals surface area contributed by atoms with Crippen LogP contribution in [0.15, 0.2) is 28.7 Å². The minimum atomic E-state index is -0.239. The highest BCUT2D eigenvalue weighted by Crippen LogP contribution is 2.33. The standard InChI is InChI=1S/C16H23FN2O/c1-6-18-15(16(2,3)19(4)5)14-10-11-9-12(17)7-8-13(11)20-14/h7-10,15,18H,6H2,1-5H3. The Kier molecular flexibility index (Phi) is 4.16. The molecule has 0 radical (unpaired) electrons. The molecular formula is C16H23FN2O. The van der Waals surface area contributed by atoms with Crippen LogP contribution in [0.4, 0.5) is 4.39 Å². The van der Waals surface area contributed by atoms with Crippen LogP contribution in [0.3, 0.4) is 0 Å². The number of halogens is 1. The van der Waals surface area contributed by atoms with Crippen molar-refractivity contribution < 1.29 is 8.81 Å². The number of rotatable bonds is 5. The molecule has 0 spiro atoms. The largest absolute Gasteiger partial charge is 0.459 e. The highest BCUT2D eigenvalue weighted by Gasteiger charge is 2.34. The van der Waals surface area contributed by atoms with Crippen molar-refractivity contribution in [3.8, 4) is 0 Å². The van der Waals surface area contributed by atoms with Gasteiger partial charge in [0.15, 0.2) is 0 Å². The summed E-state index contributed by atoms with van der Waals surface area (Å²) in [5.41, 5.74) is 0.599. The van der Waals surface area contributed by atoms with Crippen molar-refractivity contribution in [1.29, 1.82) is 0 Å². The second-order valence-corrected chi connectivity index (χ2v) is 5.87. The van der Waals surface area contributed by atoms with Gasteiger partial charge in [-0.1, -0.05) is 6.92 Å². The molecule has 110 valence electrons. The maximum atomic E-state index is 13.3. The van der Waals surface area contributed by atoms with Crippen molar-refractivity contribution in [3.05, 3.63) is 35.8 Å². The van der Waals surface area contributed by atoms with Crippen LogP contribution in [-0.4, -0.2) is 31.1 Å². The maximum Gasteiger partial charge on any atom is 0.134 e. The van der Waals surface area contributed by atoms with Crippen LogP contribution in [-0.2, 0) is 0 Å². The van der Waals surface area contributed by atoms with Gasteiger partial charge in [-0.3, -0.25) is 0 Å². The van der Waals surface area contributed by atoms with Gasteiger partial charge in [0, 0.05) is 10.9 Å². The van der Waals surface area contributed by atoms with E-state index in [9.17, 15) is 4.39 Å². The molecule has 0 aliphatic carbocycles. The lowest BCUT2D eigenvalue weighted by molar-refractivity contribution is 0.127. The predicted octanol–water partition coefficient (Wildman–Crippen LogP) is 3.56. The molecule has 1 heterocycles. The lowest BCUT2D eigenvalue weighted by Gasteiger charge is -2.39. The van der Waals surface area contributed by atoms with Crippen molar-refractivity contribution in [2.75, 3.05) is 20.6 Å². The first-order chi connectivity index (χ1) is 9.36. The molecule has 0 saturated carbocycles. The van der Waals surface area contributed by atoms with E-state index in [0.717, 1.165) is 23.3 Å². The Bertz CT molecular complexity index is 589. The first kappa shape index (κ1) is 15.0. The highest BCUT2D eigenvalue weighted by molar-refractivity contribution is 5.78. The van der Waals surface area contributed by atoms with E-state index in [0.29, 0.717) is 0 Å². The van der Waals surface area contributed by atoms with Crippen LogP contribution in [0, 0.1) is 5.82 Å². The lowest BCUT2D eigenvalue weighted by Crippen LogP contribution is -2.49. The molecule has 20 heavy (non-hydrogen) atoms. The maximum absolute atomic E-state index is 13.3. The smallest absolute Gasteiger partial charge is 0.134 e. The summed E-state index contributed by atoms with van der Waals surface area (Å²) < 4.78 is 19.2. The fourth-order valence-electron chi connectivity index (χ4n) is 2.34. The quantitative estimate of drug-likeness (QED) is 0.906. The van der Waals surface area contributed by atoms with Crippen LogP contribution in [0.2, 0.25) is 0 Å². The lowest BCUT2D eigenvalue weighted by atomic mass is 9.91. The third-order valence-electron chi connectivity index (χ3n) is 4.05. The van der Waals surface area contributed by atoms with Gasteiger partial charge in [0.2, 0.25) is 0 Å². The number of likely N-dealkylation sites (N-methyl/N-ethyl adjacent to an activating group) is 2. The van der Waals surface area contributed by atoms with Crippen LogP contribution in [0.25, 0.3) is 11.0 Å².